The van der Waals surface area contributed by atoms with Crippen molar-refractivity contribution in [3.05, 3.63) is 36.3 Å². The minimum atomic E-state index is -0.0444. The summed E-state index contributed by atoms with van der Waals surface area (Å²) in [5, 5.41) is 10.8. The lowest BCUT2D eigenvalue weighted by Gasteiger charge is -2.24. The van der Waals surface area contributed by atoms with Crippen LogP contribution in [0.4, 0.5) is 17.5 Å². The summed E-state index contributed by atoms with van der Waals surface area (Å²) in [5.74, 6) is 0.906. The fraction of sp³-hybridized carbons (Fsp3) is 0.375. The van der Waals surface area contributed by atoms with Crippen LogP contribution in [0.25, 0.3) is 0 Å². The average molecular weight is 362 g/mol. The molecular formula is C16H20ClN7O. The number of nitrogens with zero attached hydrogens (tertiary/aromatic N) is 5. The van der Waals surface area contributed by atoms with Gasteiger partial charge in [0.25, 0.3) is 0 Å². The Labute approximate surface area is 150 Å². The largest absolute Gasteiger partial charge is 0.367 e. The average Bonchev–Trinajstić information content (AvgIpc) is 3.23. The Morgan fingerprint density at radius 2 is 2.36 bits per heavy atom. The van der Waals surface area contributed by atoms with Gasteiger partial charge in [-0.25, -0.2) is 4.98 Å². The summed E-state index contributed by atoms with van der Waals surface area (Å²) in [6, 6.07) is 0.103. The van der Waals surface area contributed by atoms with Crippen LogP contribution in [-0.2, 0) is 11.8 Å². The van der Waals surface area contributed by atoms with E-state index in [1.54, 1.807) is 10.9 Å². The molecule has 0 radical (unpaired) electrons. The molecule has 0 saturated carbocycles. The van der Waals surface area contributed by atoms with Gasteiger partial charge >= 0.3 is 0 Å². The van der Waals surface area contributed by atoms with Gasteiger partial charge in [-0.15, -0.1) is 0 Å². The van der Waals surface area contributed by atoms with E-state index < -0.39 is 0 Å². The minimum Gasteiger partial charge on any atom is -0.367 e. The quantitative estimate of drug-likeness (QED) is 0.767. The summed E-state index contributed by atoms with van der Waals surface area (Å²) in [7, 11) is 1.83. The van der Waals surface area contributed by atoms with Crippen LogP contribution in [0.3, 0.4) is 0 Å². The lowest BCUT2D eigenvalue weighted by Crippen LogP contribution is -2.38. The lowest BCUT2D eigenvalue weighted by molar-refractivity contribution is -0.126. The highest BCUT2D eigenvalue weighted by Crippen LogP contribution is 2.23. The van der Waals surface area contributed by atoms with Gasteiger partial charge in [-0.05, 0) is 18.9 Å². The summed E-state index contributed by atoms with van der Waals surface area (Å²) in [5.41, 5.74) is 0.786. The van der Waals surface area contributed by atoms with Gasteiger partial charge < -0.3 is 15.5 Å². The normalized spacial score (nSPS) is 16.7. The first-order valence-corrected chi connectivity index (χ1v) is 8.39. The van der Waals surface area contributed by atoms with Crippen LogP contribution in [-0.4, -0.2) is 49.7 Å². The molecule has 3 heterocycles. The third kappa shape index (κ3) is 4.08. The Morgan fingerprint density at radius 3 is 3.08 bits per heavy atom. The third-order valence-electron chi connectivity index (χ3n) is 4.05. The Hall–Kier alpha value is -2.61. The molecule has 3 rings (SSSR count). The van der Waals surface area contributed by atoms with Gasteiger partial charge in [0.15, 0.2) is 5.82 Å². The minimum absolute atomic E-state index is 0.0444. The summed E-state index contributed by atoms with van der Waals surface area (Å²) < 4.78 is 1.68. The zero-order valence-corrected chi connectivity index (χ0v) is 14.7. The molecule has 1 aliphatic rings. The second kappa shape index (κ2) is 7.52. The van der Waals surface area contributed by atoms with E-state index in [-0.39, 0.29) is 11.9 Å². The molecule has 1 fully saturated rings. The maximum atomic E-state index is 11.9. The van der Waals surface area contributed by atoms with Gasteiger partial charge in [0, 0.05) is 32.4 Å². The van der Waals surface area contributed by atoms with Crippen molar-refractivity contribution in [3.8, 4) is 0 Å². The summed E-state index contributed by atoms with van der Waals surface area (Å²) in [6.45, 7) is 4.88. The highest BCUT2D eigenvalue weighted by atomic mass is 35.5. The van der Waals surface area contributed by atoms with E-state index in [0.29, 0.717) is 23.3 Å². The van der Waals surface area contributed by atoms with E-state index >= 15 is 0 Å². The molecule has 1 atom stereocenters. The van der Waals surface area contributed by atoms with Crippen molar-refractivity contribution in [2.24, 2.45) is 7.05 Å². The highest BCUT2D eigenvalue weighted by molar-refractivity contribution is 6.32. The van der Waals surface area contributed by atoms with Crippen LogP contribution in [0.15, 0.2) is 31.2 Å². The molecule has 0 aliphatic carbocycles. The Morgan fingerprint density at radius 1 is 1.52 bits per heavy atom. The zero-order valence-electron chi connectivity index (χ0n) is 13.9. The molecule has 1 unspecified atom stereocenters. The molecule has 0 aromatic carbocycles. The molecule has 132 valence electrons. The van der Waals surface area contributed by atoms with Crippen LogP contribution in [0, 0.1) is 0 Å². The number of amides is 1. The molecule has 2 aromatic heterocycles. The van der Waals surface area contributed by atoms with Gasteiger partial charge in [0.2, 0.25) is 11.9 Å². The Bertz CT molecular complexity index is 776. The maximum absolute atomic E-state index is 11.9. The maximum Gasteiger partial charge on any atom is 0.246 e. The van der Waals surface area contributed by atoms with Crippen LogP contribution in [0.2, 0.25) is 5.02 Å². The van der Waals surface area contributed by atoms with Gasteiger partial charge in [0.05, 0.1) is 18.1 Å². The molecule has 0 bridgehead atoms. The zero-order chi connectivity index (χ0) is 17.8. The van der Waals surface area contributed by atoms with E-state index in [1.807, 2.05) is 18.1 Å². The third-order valence-corrected chi connectivity index (χ3v) is 4.32. The number of carbonyl (C=O) groups excluding carboxylic acids is 1. The first kappa shape index (κ1) is 17.2. The highest BCUT2D eigenvalue weighted by Gasteiger charge is 2.27. The van der Waals surface area contributed by atoms with E-state index in [2.05, 4.69) is 32.3 Å². The van der Waals surface area contributed by atoms with E-state index in [0.717, 1.165) is 25.1 Å². The SMILES string of the molecule is C=CC(=O)N1CCCC1CNc1nc(Nc2cnn(C)c2)ncc1Cl. The van der Waals surface area contributed by atoms with Gasteiger partial charge in [-0.1, -0.05) is 18.2 Å². The predicted octanol–water partition coefficient (Wildman–Crippen LogP) is 2.20. The summed E-state index contributed by atoms with van der Waals surface area (Å²) in [4.78, 5) is 22.3. The number of aryl methyl sites for hydroxylation is 1. The van der Waals surface area contributed by atoms with Crippen molar-refractivity contribution < 1.29 is 4.79 Å². The van der Waals surface area contributed by atoms with Crippen molar-refractivity contribution in [2.75, 3.05) is 23.7 Å². The monoisotopic (exact) mass is 361 g/mol. The smallest absolute Gasteiger partial charge is 0.246 e. The molecule has 8 nitrogen and oxygen atoms in total. The molecule has 2 aromatic rings. The number of rotatable bonds is 6. The van der Waals surface area contributed by atoms with E-state index in [4.69, 9.17) is 11.6 Å². The number of carbonyl (C=O) groups is 1. The summed E-state index contributed by atoms with van der Waals surface area (Å²) in [6.07, 6.45) is 8.32. The van der Waals surface area contributed by atoms with Gasteiger partial charge in [-0.3, -0.25) is 9.48 Å². The predicted molar refractivity (Wildman–Crippen MR) is 97.0 cm³/mol. The molecule has 1 saturated heterocycles. The van der Waals surface area contributed by atoms with Crippen molar-refractivity contribution in [2.45, 2.75) is 18.9 Å². The first-order valence-electron chi connectivity index (χ1n) is 8.02. The number of nitrogens with one attached hydrogen (secondary N) is 2. The second-order valence-electron chi connectivity index (χ2n) is 5.83. The molecular weight excluding hydrogens is 342 g/mol. The molecule has 2 N–H and O–H groups in total. The molecule has 0 spiro atoms. The lowest BCUT2D eigenvalue weighted by atomic mass is 10.2. The number of aromatic nitrogens is 4. The Balaban J connectivity index is 1.66. The van der Waals surface area contributed by atoms with Crippen molar-refractivity contribution in [1.29, 1.82) is 0 Å². The van der Waals surface area contributed by atoms with E-state index in [1.165, 1.54) is 12.3 Å². The molecule has 1 amide bonds. The number of hydrogen-bond donors (Lipinski definition) is 2. The van der Waals surface area contributed by atoms with Crippen molar-refractivity contribution in [1.82, 2.24) is 24.6 Å². The number of halogens is 1. The van der Waals surface area contributed by atoms with Crippen LogP contribution in [0.1, 0.15) is 12.8 Å². The van der Waals surface area contributed by atoms with Crippen LogP contribution >= 0.6 is 11.6 Å². The van der Waals surface area contributed by atoms with Crippen LogP contribution in [0.5, 0.6) is 0 Å². The van der Waals surface area contributed by atoms with Crippen molar-refractivity contribution in [3.63, 3.8) is 0 Å². The number of anilines is 3. The topological polar surface area (TPSA) is 88.0 Å². The molecule has 1 aliphatic heterocycles. The first-order chi connectivity index (χ1) is 12.1. The molecule has 9 heteroatoms. The fourth-order valence-electron chi connectivity index (χ4n) is 2.84. The standard InChI is InChI=1S/C16H20ClN7O/c1-3-14(25)24-6-4-5-12(24)8-18-15-13(17)9-19-16(22-15)21-11-7-20-23(2)10-11/h3,7,9-10,12H,1,4-6,8H2,2H3,(H2,18,19,21,22). The van der Waals surface area contributed by atoms with E-state index in [9.17, 15) is 4.79 Å². The summed E-state index contributed by atoms with van der Waals surface area (Å²) >= 11 is 6.19. The van der Waals surface area contributed by atoms with Crippen molar-refractivity contribution >= 4 is 35.0 Å². The fourth-order valence-corrected chi connectivity index (χ4v) is 2.99. The van der Waals surface area contributed by atoms with Crippen LogP contribution < -0.4 is 10.6 Å². The molecule has 25 heavy (non-hydrogen) atoms. The number of hydrogen-bond acceptors (Lipinski definition) is 6. The number of likely N-dealkylation sites (tertiary alicyclic amines) is 1. The van der Waals surface area contributed by atoms with Gasteiger partial charge in [0.1, 0.15) is 5.02 Å². The van der Waals surface area contributed by atoms with Gasteiger partial charge in [-0.2, -0.15) is 10.1 Å². The second-order valence-corrected chi connectivity index (χ2v) is 6.24. The Kier molecular flexibility index (Phi) is 5.18.